The summed E-state index contributed by atoms with van der Waals surface area (Å²) in [6.45, 7) is 1.47. The smallest absolute Gasteiger partial charge is 0.279 e. The van der Waals surface area contributed by atoms with Crippen molar-refractivity contribution in [2.45, 2.75) is 25.6 Å². The van der Waals surface area contributed by atoms with Crippen molar-refractivity contribution < 1.29 is 28.2 Å². The van der Waals surface area contributed by atoms with Crippen molar-refractivity contribution in [1.82, 2.24) is 10.9 Å². The summed E-state index contributed by atoms with van der Waals surface area (Å²) in [5.41, 5.74) is 4.96. The maximum atomic E-state index is 12.9. The van der Waals surface area contributed by atoms with Crippen LogP contribution in [0, 0.1) is 5.82 Å². The fourth-order valence-electron chi connectivity index (χ4n) is 2.45. The molecule has 3 rings (SSSR count). The minimum Gasteiger partial charge on any atom is -0.481 e. The molecule has 2 aromatic rings. The van der Waals surface area contributed by atoms with Crippen LogP contribution in [-0.2, 0) is 14.4 Å². The quantitative estimate of drug-likeness (QED) is 0.675. The topological polar surface area (TPSA) is 106 Å². The fraction of sp³-hybridized carbons (Fsp3) is 0.211. The Kier molecular flexibility index (Phi) is 5.73. The van der Waals surface area contributed by atoms with Gasteiger partial charge in [-0.15, -0.1) is 0 Å². The van der Waals surface area contributed by atoms with E-state index >= 15 is 0 Å². The van der Waals surface area contributed by atoms with E-state index < -0.39 is 35.7 Å². The average molecular weight is 387 g/mol. The van der Waals surface area contributed by atoms with Crippen LogP contribution in [0.4, 0.5) is 10.1 Å². The Morgan fingerprint density at radius 2 is 1.89 bits per heavy atom. The van der Waals surface area contributed by atoms with Crippen LogP contribution in [0.5, 0.6) is 11.5 Å². The number of amides is 3. The van der Waals surface area contributed by atoms with Crippen LogP contribution in [0.2, 0.25) is 0 Å². The third kappa shape index (κ3) is 4.76. The van der Waals surface area contributed by atoms with Crippen molar-refractivity contribution in [1.29, 1.82) is 0 Å². The summed E-state index contributed by atoms with van der Waals surface area (Å²) in [6.07, 6.45) is -2.24. The first-order valence-corrected chi connectivity index (χ1v) is 8.50. The van der Waals surface area contributed by atoms with Crippen LogP contribution < -0.4 is 25.6 Å². The molecule has 3 amide bonds. The number of ether oxygens (including phenoxy) is 2. The number of fused-ring (bicyclic) bond motifs is 1. The van der Waals surface area contributed by atoms with E-state index in [2.05, 4.69) is 16.2 Å². The van der Waals surface area contributed by atoms with Gasteiger partial charge in [-0.25, -0.2) is 4.39 Å². The lowest BCUT2D eigenvalue weighted by atomic mass is 10.1. The Morgan fingerprint density at radius 3 is 2.64 bits per heavy atom. The molecule has 0 saturated heterocycles. The highest BCUT2D eigenvalue weighted by atomic mass is 19.1. The molecule has 0 spiro atoms. The summed E-state index contributed by atoms with van der Waals surface area (Å²) in [5, 5.41) is 2.65. The zero-order valence-corrected chi connectivity index (χ0v) is 14.9. The van der Waals surface area contributed by atoms with Crippen molar-refractivity contribution in [2.24, 2.45) is 0 Å². The lowest BCUT2D eigenvalue weighted by Gasteiger charge is -2.25. The number of hydrogen-bond donors (Lipinski definition) is 3. The summed E-state index contributed by atoms with van der Waals surface area (Å²) in [5.74, 6) is -1.33. The molecule has 0 bridgehead atoms. The number of para-hydroxylation sites is 2. The first-order chi connectivity index (χ1) is 13.4. The van der Waals surface area contributed by atoms with Gasteiger partial charge in [-0.1, -0.05) is 12.1 Å². The summed E-state index contributed by atoms with van der Waals surface area (Å²) in [6, 6.07) is 12.0. The number of carbonyl (C=O) groups is 3. The molecular formula is C19H18FN3O5. The van der Waals surface area contributed by atoms with E-state index in [1.165, 1.54) is 31.2 Å². The third-order valence-corrected chi connectivity index (χ3v) is 3.90. The van der Waals surface area contributed by atoms with Crippen LogP contribution in [0.25, 0.3) is 0 Å². The second-order valence-corrected chi connectivity index (χ2v) is 6.05. The van der Waals surface area contributed by atoms with Crippen molar-refractivity contribution in [3.05, 3.63) is 54.3 Å². The molecular weight excluding hydrogens is 369 g/mol. The summed E-state index contributed by atoms with van der Waals surface area (Å²) < 4.78 is 23.7. The molecule has 0 unspecified atom stereocenters. The van der Waals surface area contributed by atoms with Crippen LogP contribution in [0.1, 0.15) is 13.3 Å². The number of benzene rings is 2. The molecule has 0 saturated carbocycles. The minimum absolute atomic E-state index is 0.284. The Labute approximate surface area is 160 Å². The van der Waals surface area contributed by atoms with Gasteiger partial charge in [0.2, 0.25) is 5.91 Å². The number of rotatable bonds is 5. The van der Waals surface area contributed by atoms with E-state index in [4.69, 9.17) is 9.47 Å². The molecule has 3 N–H and O–H groups in total. The first-order valence-electron chi connectivity index (χ1n) is 8.50. The summed E-state index contributed by atoms with van der Waals surface area (Å²) >= 11 is 0. The van der Waals surface area contributed by atoms with Gasteiger partial charge in [-0.3, -0.25) is 25.2 Å². The van der Waals surface area contributed by atoms with Crippen LogP contribution in [0.3, 0.4) is 0 Å². The van der Waals surface area contributed by atoms with Gasteiger partial charge in [0.15, 0.2) is 12.2 Å². The molecule has 0 fully saturated rings. The lowest BCUT2D eigenvalue weighted by Crippen LogP contribution is -2.49. The van der Waals surface area contributed by atoms with E-state index in [1.807, 2.05) is 0 Å². The molecule has 0 aliphatic carbocycles. The molecule has 1 aliphatic heterocycles. The second-order valence-electron chi connectivity index (χ2n) is 6.05. The molecule has 28 heavy (non-hydrogen) atoms. The Morgan fingerprint density at radius 1 is 1.18 bits per heavy atom. The highest BCUT2D eigenvalue weighted by Crippen LogP contribution is 2.29. The van der Waals surface area contributed by atoms with Gasteiger partial charge in [-0.2, -0.15) is 0 Å². The molecule has 2 aromatic carbocycles. The molecule has 2 atom stereocenters. The average Bonchev–Trinajstić information content (AvgIpc) is 2.68. The van der Waals surface area contributed by atoms with Gasteiger partial charge in [0.25, 0.3) is 11.8 Å². The van der Waals surface area contributed by atoms with Gasteiger partial charge in [0.1, 0.15) is 17.3 Å². The first kappa shape index (κ1) is 19.2. The van der Waals surface area contributed by atoms with Crippen molar-refractivity contribution >= 4 is 23.4 Å². The number of nitrogens with one attached hydrogen (secondary N) is 3. The Bertz CT molecular complexity index is 887. The SMILES string of the molecule is C[C@@H](Oc1ccc(F)cc1)C(=O)NNC(=O)C[C@@H]1Oc2ccccc2NC1=O. The predicted molar refractivity (Wildman–Crippen MR) is 96.9 cm³/mol. The summed E-state index contributed by atoms with van der Waals surface area (Å²) in [7, 11) is 0. The molecule has 0 radical (unpaired) electrons. The van der Waals surface area contributed by atoms with Crippen molar-refractivity contribution in [3.8, 4) is 11.5 Å². The van der Waals surface area contributed by atoms with Crippen LogP contribution >= 0.6 is 0 Å². The van der Waals surface area contributed by atoms with E-state index in [1.54, 1.807) is 24.3 Å². The number of anilines is 1. The maximum Gasteiger partial charge on any atom is 0.279 e. The van der Waals surface area contributed by atoms with E-state index in [-0.39, 0.29) is 6.42 Å². The zero-order valence-electron chi connectivity index (χ0n) is 14.9. The lowest BCUT2D eigenvalue weighted by molar-refractivity contribution is -0.135. The Balaban J connectivity index is 1.46. The largest absolute Gasteiger partial charge is 0.481 e. The van der Waals surface area contributed by atoms with Crippen molar-refractivity contribution in [2.75, 3.05) is 5.32 Å². The molecule has 146 valence electrons. The Hall–Kier alpha value is -3.62. The molecule has 8 nitrogen and oxygen atoms in total. The van der Waals surface area contributed by atoms with Gasteiger partial charge in [0, 0.05) is 0 Å². The van der Waals surface area contributed by atoms with Gasteiger partial charge >= 0.3 is 0 Å². The zero-order chi connectivity index (χ0) is 20.1. The minimum atomic E-state index is -1.01. The van der Waals surface area contributed by atoms with E-state index in [9.17, 15) is 18.8 Å². The number of carbonyl (C=O) groups excluding carboxylic acids is 3. The monoisotopic (exact) mass is 387 g/mol. The van der Waals surface area contributed by atoms with Gasteiger partial charge in [-0.05, 0) is 43.3 Å². The highest BCUT2D eigenvalue weighted by Gasteiger charge is 2.29. The van der Waals surface area contributed by atoms with E-state index in [0.29, 0.717) is 17.2 Å². The standard InChI is InChI=1S/C19H18FN3O5/c1-11(27-13-8-6-12(20)7-9-13)18(25)23-22-17(24)10-16-19(26)21-14-4-2-3-5-15(14)28-16/h2-9,11,16H,10H2,1H3,(H,21,26)(H,22,24)(H,23,25)/t11-,16+/m1/s1. The van der Waals surface area contributed by atoms with Crippen molar-refractivity contribution in [3.63, 3.8) is 0 Å². The molecule has 1 aliphatic rings. The van der Waals surface area contributed by atoms with Crippen LogP contribution in [-0.4, -0.2) is 29.9 Å². The van der Waals surface area contributed by atoms with Gasteiger partial charge < -0.3 is 14.8 Å². The third-order valence-electron chi connectivity index (χ3n) is 3.90. The van der Waals surface area contributed by atoms with Gasteiger partial charge in [0.05, 0.1) is 12.1 Å². The molecule has 0 aromatic heterocycles. The highest BCUT2D eigenvalue weighted by molar-refractivity contribution is 6.00. The normalized spacial score (nSPS) is 16.1. The van der Waals surface area contributed by atoms with E-state index in [0.717, 1.165) is 0 Å². The second kappa shape index (κ2) is 8.38. The fourth-order valence-corrected chi connectivity index (χ4v) is 2.45. The number of hydrazine groups is 1. The molecule has 1 heterocycles. The molecule has 9 heteroatoms. The maximum absolute atomic E-state index is 12.9. The number of hydrogen-bond acceptors (Lipinski definition) is 5. The summed E-state index contributed by atoms with van der Waals surface area (Å²) in [4.78, 5) is 36.0. The van der Waals surface area contributed by atoms with Crippen LogP contribution in [0.15, 0.2) is 48.5 Å². The predicted octanol–water partition coefficient (Wildman–Crippen LogP) is 1.53. The number of halogens is 1.